The lowest BCUT2D eigenvalue weighted by atomic mass is 10.2. The average Bonchev–Trinajstić information content (AvgIpc) is 3.09. The predicted octanol–water partition coefficient (Wildman–Crippen LogP) is 3.98. The van der Waals surface area contributed by atoms with E-state index in [9.17, 15) is 9.59 Å². The van der Waals surface area contributed by atoms with Crippen molar-refractivity contribution in [3.8, 4) is 0 Å². The maximum absolute atomic E-state index is 13.2. The van der Waals surface area contributed by atoms with E-state index in [0.29, 0.717) is 12.1 Å². The van der Waals surface area contributed by atoms with E-state index in [1.807, 2.05) is 42.5 Å². The Bertz CT molecular complexity index is 1030. The lowest BCUT2D eigenvalue weighted by molar-refractivity contribution is -0.139. The first-order valence-corrected chi connectivity index (χ1v) is 10.4. The second-order valence-electron chi connectivity index (χ2n) is 6.70. The van der Waals surface area contributed by atoms with Gasteiger partial charge in [-0.2, -0.15) is 0 Å². The van der Waals surface area contributed by atoms with Gasteiger partial charge in [0.2, 0.25) is 0 Å². The highest BCUT2D eigenvalue weighted by atomic mass is 32.2. The van der Waals surface area contributed by atoms with Crippen molar-refractivity contribution in [3.05, 3.63) is 59.9 Å². The molecule has 1 unspecified atom stereocenters. The molecular formula is C22H25N3O3S. The number of carbonyl (C=O) groups excluding carboxylic acids is 2. The molecule has 1 aromatic heterocycles. The third-order valence-electron chi connectivity index (χ3n) is 4.73. The predicted molar refractivity (Wildman–Crippen MR) is 115 cm³/mol. The fraction of sp³-hybridized carbons (Fsp3) is 0.318. The summed E-state index contributed by atoms with van der Waals surface area (Å²) in [6.07, 6.45) is 0. The molecule has 0 N–H and O–H groups in total. The molecule has 0 aliphatic heterocycles. The van der Waals surface area contributed by atoms with Crippen LogP contribution in [0.15, 0.2) is 53.4 Å². The summed E-state index contributed by atoms with van der Waals surface area (Å²) in [4.78, 5) is 32.1. The number of para-hydroxylation sites is 2. The highest BCUT2D eigenvalue weighted by Gasteiger charge is 2.22. The van der Waals surface area contributed by atoms with Gasteiger partial charge < -0.3 is 14.2 Å². The van der Waals surface area contributed by atoms with Gasteiger partial charge in [-0.1, -0.05) is 24.3 Å². The average molecular weight is 412 g/mol. The Labute approximate surface area is 174 Å². The van der Waals surface area contributed by atoms with E-state index in [-0.39, 0.29) is 11.9 Å². The van der Waals surface area contributed by atoms with E-state index in [1.165, 1.54) is 18.9 Å². The number of amides is 1. The Morgan fingerprint density at radius 3 is 2.59 bits per heavy atom. The van der Waals surface area contributed by atoms with Crippen LogP contribution < -0.4 is 0 Å². The van der Waals surface area contributed by atoms with Crippen molar-refractivity contribution in [1.82, 2.24) is 14.5 Å². The molecule has 3 aromatic rings. The van der Waals surface area contributed by atoms with Gasteiger partial charge in [0, 0.05) is 18.5 Å². The molecule has 0 radical (unpaired) electrons. The molecule has 0 saturated carbocycles. The van der Waals surface area contributed by atoms with Gasteiger partial charge in [-0.3, -0.25) is 9.59 Å². The maximum Gasteiger partial charge on any atom is 0.318 e. The van der Waals surface area contributed by atoms with Crippen molar-refractivity contribution < 1.29 is 14.3 Å². The van der Waals surface area contributed by atoms with Crippen LogP contribution in [0.3, 0.4) is 0 Å². The number of esters is 1. The smallest absolute Gasteiger partial charge is 0.318 e. The van der Waals surface area contributed by atoms with Crippen LogP contribution in [-0.2, 0) is 22.6 Å². The first kappa shape index (κ1) is 20.9. The zero-order chi connectivity index (χ0) is 21.0. The Balaban J connectivity index is 1.84. The second kappa shape index (κ2) is 9.13. The summed E-state index contributed by atoms with van der Waals surface area (Å²) < 4.78 is 6.92. The van der Waals surface area contributed by atoms with Gasteiger partial charge in [-0.25, -0.2) is 4.98 Å². The minimum absolute atomic E-state index is 0.111. The molecule has 152 valence electrons. The largest absolute Gasteiger partial charge is 0.468 e. The Kier molecular flexibility index (Phi) is 6.59. The van der Waals surface area contributed by atoms with Gasteiger partial charge >= 0.3 is 5.97 Å². The van der Waals surface area contributed by atoms with Crippen LogP contribution in [0.1, 0.15) is 30.0 Å². The fourth-order valence-electron chi connectivity index (χ4n) is 3.24. The molecule has 0 spiro atoms. The molecule has 1 heterocycles. The van der Waals surface area contributed by atoms with Crippen LogP contribution >= 0.6 is 11.8 Å². The highest BCUT2D eigenvalue weighted by molar-refractivity contribution is 8.00. The normalized spacial score (nSPS) is 12.0. The van der Waals surface area contributed by atoms with Crippen molar-refractivity contribution in [2.75, 3.05) is 14.2 Å². The molecule has 0 saturated heterocycles. The number of fused-ring (bicyclic) bond motifs is 1. The van der Waals surface area contributed by atoms with Crippen LogP contribution in [-0.4, -0.2) is 45.7 Å². The summed E-state index contributed by atoms with van der Waals surface area (Å²) in [6, 6.07) is 15.3. The summed E-state index contributed by atoms with van der Waals surface area (Å²) >= 11 is 1.32. The molecular weight excluding hydrogens is 386 g/mol. The van der Waals surface area contributed by atoms with Crippen molar-refractivity contribution in [2.24, 2.45) is 0 Å². The molecule has 6 nitrogen and oxygen atoms in total. The molecule has 0 fully saturated rings. The van der Waals surface area contributed by atoms with E-state index in [0.717, 1.165) is 28.3 Å². The Morgan fingerprint density at radius 1 is 1.17 bits per heavy atom. The van der Waals surface area contributed by atoms with E-state index in [1.54, 1.807) is 24.9 Å². The number of rotatable bonds is 7. The van der Waals surface area contributed by atoms with E-state index >= 15 is 0 Å². The number of hydrogen-bond acceptors (Lipinski definition) is 5. The van der Waals surface area contributed by atoms with Crippen molar-refractivity contribution in [2.45, 2.75) is 37.1 Å². The maximum atomic E-state index is 13.2. The van der Waals surface area contributed by atoms with E-state index in [4.69, 9.17) is 9.72 Å². The number of methoxy groups -OCH3 is 1. The molecule has 0 aliphatic rings. The number of aryl methyl sites for hydroxylation is 1. The Morgan fingerprint density at radius 2 is 1.86 bits per heavy atom. The van der Waals surface area contributed by atoms with Crippen molar-refractivity contribution in [1.29, 1.82) is 0 Å². The van der Waals surface area contributed by atoms with Crippen LogP contribution in [0.25, 0.3) is 11.0 Å². The van der Waals surface area contributed by atoms with E-state index < -0.39 is 5.25 Å². The first-order valence-electron chi connectivity index (χ1n) is 9.49. The van der Waals surface area contributed by atoms with Crippen molar-refractivity contribution in [3.63, 3.8) is 0 Å². The number of thioether (sulfide) groups is 1. The van der Waals surface area contributed by atoms with E-state index in [2.05, 4.69) is 11.5 Å². The van der Waals surface area contributed by atoms with Crippen molar-refractivity contribution >= 4 is 34.7 Å². The number of aromatic nitrogens is 2. The number of ether oxygens (including phenoxy) is 1. The first-order chi connectivity index (χ1) is 14.0. The highest BCUT2D eigenvalue weighted by Crippen LogP contribution is 2.28. The number of carbonyl (C=O) groups is 2. The SMILES string of the molecule is CCn1c(CN(C)C(=O)c2ccccc2SC(C)C(=O)OC)nc2ccccc21. The number of benzene rings is 2. The zero-order valence-electron chi connectivity index (χ0n) is 17.1. The number of nitrogens with zero attached hydrogens (tertiary/aromatic N) is 3. The summed E-state index contributed by atoms with van der Waals surface area (Å²) in [7, 11) is 3.14. The number of imidazole rings is 1. The monoisotopic (exact) mass is 411 g/mol. The van der Waals surface area contributed by atoms with Crippen LogP contribution in [0.2, 0.25) is 0 Å². The molecule has 7 heteroatoms. The molecule has 3 rings (SSSR count). The standard InChI is InChI=1S/C22H25N3O3S/c1-5-25-18-12-8-7-11-17(18)23-20(25)14-24(3)21(26)16-10-6-9-13-19(16)29-15(2)22(27)28-4/h6-13,15H,5,14H2,1-4H3. The fourth-order valence-corrected chi connectivity index (χ4v) is 4.25. The third-order valence-corrected chi connectivity index (χ3v) is 5.89. The molecule has 1 atom stereocenters. The minimum Gasteiger partial charge on any atom is -0.468 e. The summed E-state index contributed by atoms with van der Waals surface area (Å²) in [6.45, 7) is 5.01. The van der Waals surface area contributed by atoms with Gasteiger partial charge in [0.25, 0.3) is 5.91 Å². The molecule has 0 aliphatic carbocycles. The molecule has 1 amide bonds. The lowest BCUT2D eigenvalue weighted by Gasteiger charge is -2.20. The molecule has 0 bridgehead atoms. The molecule has 29 heavy (non-hydrogen) atoms. The van der Waals surface area contributed by atoms with Crippen LogP contribution in [0.5, 0.6) is 0 Å². The van der Waals surface area contributed by atoms with Gasteiger partial charge in [0.05, 0.1) is 30.3 Å². The van der Waals surface area contributed by atoms with Gasteiger partial charge in [0.15, 0.2) is 0 Å². The molecule has 2 aromatic carbocycles. The second-order valence-corrected chi connectivity index (χ2v) is 8.08. The summed E-state index contributed by atoms with van der Waals surface area (Å²) in [5.74, 6) is 0.416. The zero-order valence-corrected chi connectivity index (χ0v) is 17.9. The lowest BCUT2D eigenvalue weighted by Crippen LogP contribution is -2.28. The number of hydrogen-bond donors (Lipinski definition) is 0. The minimum atomic E-state index is -0.399. The van der Waals surface area contributed by atoms with Crippen LogP contribution in [0, 0.1) is 0 Å². The van der Waals surface area contributed by atoms with Gasteiger partial charge in [0.1, 0.15) is 11.1 Å². The van der Waals surface area contributed by atoms with Gasteiger partial charge in [-0.15, -0.1) is 11.8 Å². The Hall–Kier alpha value is -2.80. The van der Waals surface area contributed by atoms with Crippen LogP contribution in [0.4, 0.5) is 0 Å². The quantitative estimate of drug-likeness (QED) is 0.435. The topological polar surface area (TPSA) is 64.4 Å². The van der Waals surface area contributed by atoms with Gasteiger partial charge in [-0.05, 0) is 38.1 Å². The summed E-state index contributed by atoms with van der Waals surface area (Å²) in [5, 5.41) is -0.399. The summed E-state index contributed by atoms with van der Waals surface area (Å²) in [5.41, 5.74) is 2.55. The third kappa shape index (κ3) is 4.45.